The lowest BCUT2D eigenvalue weighted by molar-refractivity contribution is 0.109. The van der Waals surface area contributed by atoms with Gasteiger partial charge in [-0.3, -0.25) is 0 Å². The molecular formula is C9H20N2O. The highest BCUT2D eigenvalue weighted by Crippen LogP contribution is 2.40. The van der Waals surface area contributed by atoms with Gasteiger partial charge in [-0.2, -0.15) is 0 Å². The highest BCUT2D eigenvalue weighted by Gasteiger charge is 2.33. The lowest BCUT2D eigenvalue weighted by Crippen LogP contribution is -2.34. The molecule has 12 heavy (non-hydrogen) atoms. The molecule has 0 radical (unpaired) electrons. The van der Waals surface area contributed by atoms with E-state index in [9.17, 15) is 5.11 Å². The van der Waals surface area contributed by atoms with Gasteiger partial charge in [0.2, 0.25) is 0 Å². The van der Waals surface area contributed by atoms with Gasteiger partial charge in [0.15, 0.2) is 0 Å². The first-order valence-corrected chi connectivity index (χ1v) is 4.81. The Morgan fingerprint density at radius 2 is 1.83 bits per heavy atom. The third-order valence-electron chi connectivity index (χ3n) is 3.04. The second-order valence-electron chi connectivity index (χ2n) is 4.00. The normalized spacial score (nSPS) is 24.2. The summed E-state index contributed by atoms with van der Waals surface area (Å²) in [5.41, 5.74) is 11.3. The van der Waals surface area contributed by atoms with Gasteiger partial charge >= 0.3 is 0 Å². The second kappa shape index (κ2) is 4.21. The summed E-state index contributed by atoms with van der Waals surface area (Å²) in [6.45, 7) is 1.06. The molecule has 1 rings (SSSR count). The van der Waals surface area contributed by atoms with Gasteiger partial charge in [-0.05, 0) is 31.2 Å². The molecule has 1 aliphatic carbocycles. The Hall–Kier alpha value is -0.120. The number of rotatable bonds is 4. The first kappa shape index (κ1) is 9.96. The Bertz CT molecular complexity index is 132. The standard InChI is InChI=1S/C9H20N2O/c10-6-8(12)5-9(7-11)3-1-2-4-9/h8,12H,1-7,10-11H2. The zero-order chi connectivity index (χ0) is 9.03. The van der Waals surface area contributed by atoms with Crippen LogP contribution in [0.5, 0.6) is 0 Å². The topological polar surface area (TPSA) is 72.3 Å². The first-order valence-electron chi connectivity index (χ1n) is 4.81. The Morgan fingerprint density at radius 1 is 1.25 bits per heavy atom. The molecule has 5 N–H and O–H groups in total. The van der Waals surface area contributed by atoms with Gasteiger partial charge in [-0.1, -0.05) is 12.8 Å². The largest absolute Gasteiger partial charge is 0.392 e. The fourth-order valence-electron chi connectivity index (χ4n) is 2.20. The zero-order valence-electron chi connectivity index (χ0n) is 7.63. The van der Waals surface area contributed by atoms with Crippen molar-refractivity contribution in [2.24, 2.45) is 16.9 Å². The van der Waals surface area contributed by atoms with Gasteiger partial charge in [-0.15, -0.1) is 0 Å². The number of hydrogen-bond donors (Lipinski definition) is 3. The highest BCUT2D eigenvalue weighted by molar-refractivity contribution is 4.87. The van der Waals surface area contributed by atoms with Crippen LogP contribution in [0.3, 0.4) is 0 Å². The first-order chi connectivity index (χ1) is 5.72. The smallest absolute Gasteiger partial charge is 0.0668 e. The van der Waals surface area contributed by atoms with Crippen LogP contribution in [0.1, 0.15) is 32.1 Å². The number of aliphatic hydroxyl groups excluding tert-OH is 1. The Balaban J connectivity index is 2.43. The average molecular weight is 172 g/mol. The van der Waals surface area contributed by atoms with E-state index in [4.69, 9.17) is 11.5 Å². The molecule has 0 heterocycles. The van der Waals surface area contributed by atoms with Gasteiger partial charge in [0.1, 0.15) is 0 Å². The Morgan fingerprint density at radius 3 is 2.25 bits per heavy atom. The van der Waals surface area contributed by atoms with Crippen molar-refractivity contribution >= 4 is 0 Å². The van der Waals surface area contributed by atoms with Gasteiger partial charge in [0.25, 0.3) is 0 Å². The van der Waals surface area contributed by atoms with Crippen molar-refractivity contribution in [1.29, 1.82) is 0 Å². The number of hydrogen-bond acceptors (Lipinski definition) is 3. The van der Waals surface area contributed by atoms with Crippen LogP contribution in [0.4, 0.5) is 0 Å². The summed E-state index contributed by atoms with van der Waals surface area (Å²) in [4.78, 5) is 0. The lowest BCUT2D eigenvalue weighted by atomic mass is 9.81. The Kier molecular flexibility index (Phi) is 3.50. The van der Waals surface area contributed by atoms with Crippen LogP contribution in [0, 0.1) is 5.41 Å². The van der Waals surface area contributed by atoms with Gasteiger partial charge in [-0.25, -0.2) is 0 Å². The quantitative estimate of drug-likeness (QED) is 0.568. The summed E-state index contributed by atoms with van der Waals surface area (Å²) < 4.78 is 0. The van der Waals surface area contributed by atoms with E-state index in [0.29, 0.717) is 13.1 Å². The SMILES string of the molecule is NCC(O)CC1(CN)CCCC1. The van der Waals surface area contributed by atoms with E-state index < -0.39 is 0 Å². The molecule has 0 aromatic rings. The maximum absolute atomic E-state index is 9.43. The van der Waals surface area contributed by atoms with E-state index in [1.165, 1.54) is 25.7 Å². The molecule has 3 nitrogen and oxygen atoms in total. The summed E-state index contributed by atoms with van der Waals surface area (Å²) in [7, 11) is 0. The van der Waals surface area contributed by atoms with E-state index >= 15 is 0 Å². The third-order valence-corrected chi connectivity index (χ3v) is 3.04. The molecule has 3 heteroatoms. The minimum atomic E-state index is -0.355. The second-order valence-corrected chi connectivity index (χ2v) is 4.00. The van der Waals surface area contributed by atoms with Crippen molar-refractivity contribution in [3.63, 3.8) is 0 Å². The minimum absolute atomic E-state index is 0.207. The average Bonchev–Trinajstić information content (AvgIpc) is 2.54. The molecular weight excluding hydrogens is 152 g/mol. The summed E-state index contributed by atoms with van der Waals surface area (Å²) in [5.74, 6) is 0. The fraction of sp³-hybridized carbons (Fsp3) is 1.00. The fourth-order valence-corrected chi connectivity index (χ4v) is 2.20. The van der Waals surface area contributed by atoms with E-state index in [2.05, 4.69) is 0 Å². The lowest BCUT2D eigenvalue weighted by Gasteiger charge is -2.29. The van der Waals surface area contributed by atoms with Crippen LogP contribution in [0.15, 0.2) is 0 Å². The monoisotopic (exact) mass is 172 g/mol. The Labute approximate surface area is 74.1 Å². The summed E-state index contributed by atoms with van der Waals surface area (Å²) in [5, 5.41) is 9.43. The molecule has 1 unspecified atom stereocenters. The molecule has 1 atom stereocenters. The highest BCUT2D eigenvalue weighted by atomic mass is 16.3. The van der Waals surface area contributed by atoms with E-state index in [-0.39, 0.29) is 11.5 Å². The van der Waals surface area contributed by atoms with Crippen molar-refractivity contribution in [2.75, 3.05) is 13.1 Å². The molecule has 1 fully saturated rings. The molecule has 0 saturated heterocycles. The van der Waals surface area contributed by atoms with Gasteiger partial charge < -0.3 is 16.6 Å². The predicted molar refractivity (Wildman–Crippen MR) is 49.6 cm³/mol. The summed E-state index contributed by atoms with van der Waals surface area (Å²) in [6.07, 6.45) is 5.29. The summed E-state index contributed by atoms with van der Waals surface area (Å²) >= 11 is 0. The van der Waals surface area contributed by atoms with Crippen molar-refractivity contribution in [3.05, 3.63) is 0 Å². The van der Waals surface area contributed by atoms with Gasteiger partial charge in [0.05, 0.1) is 6.10 Å². The molecule has 0 spiro atoms. The van der Waals surface area contributed by atoms with Crippen molar-refractivity contribution in [3.8, 4) is 0 Å². The molecule has 1 aliphatic rings. The molecule has 1 saturated carbocycles. The van der Waals surface area contributed by atoms with Crippen LogP contribution in [0.2, 0.25) is 0 Å². The number of aliphatic hydroxyl groups is 1. The maximum Gasteiger partial charge on any atom is 0.0668 e. The van der Waals surface area contributed by atoms with Crippen LogP contribution in [-0.2, 0) is 0 Å². The molecule has 72 valence electrons. The van der Waals surface area contributed by atoms with E-state index in [0.717, 1.165) is 6.42 Å². The van der Waals surface area contributed by atoms with E-state index in [1.54, 1.807) is 0 Å². The van der Waals surface area contributed by atoms with Crippen LogP contribution < -0.4 is 11.5 Å². The maximum atomic E-state index is 9.43. The number of nitrogens with two attached hydrogens (primary N) is 2. The minimum Gasteiger partial charge on any atom is -0.392 e. The molecule has 0 bridgehead atoms. The van der Waals surface area contributed by atoms with Crippen molar-refractivity contribution < 1.29 is 5.11 Å². The van der Waals surface area contributed by atoms with Crippen LogP contribution >= 0.6 is 0 Å². The molecule has 0 aromatic heterocycles. The van der Waals surface area contributed by atoms with Crippen LogP contribution in [0.25, 0.3) is 0 Å². The zero-order valence-corrected chi connectivity index (χ0v) is 7.63. The summed E-state index contributed by atoms with van der Waals surface area (Å²) in [6, 6.07) is 0. The van der Waals surface area contributed by atoms with Crippen LogP contribution in [-0.4, -0.2) is 24.3 Å². The van der Waals surface area contributed by atoms with Crippen molar-refractivity contribution in [1.82, 2.24) is 0 Å². The molecule has 0 aromatic carbocycles. The third kappa shape index (κ3) is 2.19. The van der Waals surface area contributed by atoms with Gasteiger partial charge in [0, 0.05) is 6.54 Å². The van der Waals surface area contributed by atoms with Crippen molar-refractivity contribution in [2.45, 2.75) is 38.2 Å². The molecule has 0 amide bonds. The van der Waals surface area contributed by atoms with E-state index in [1.807, 2.05) is 0 Å². The molecule has 0 aliphatic heterocycles. The predicted octanol–water partition coefficient (Wildman–Crippen LogP) is 0.215.